The topological polar surface area (TPSA) is 84.9 Å². The first-order chi connectivity index (χ1) is 13.5. The van der Waals surface area contributed by atoms with Crippen molar-refractivity contribution in [3.63, 3.8) is 0 Å². The first kappa shape index (κ1) is 19.6. The van der Waals surface area contributed by atoms with Crippen molar-refractivity contribution in [3.05, 3.63) is 69.8 Å². The molecular weight excluding hydrogens is 428 g/mol. The number of benzene rings is 2. The normalized spacial score (nSPS) is 14.9. The second kappa shape index (κ2) is 8.71. The van der Waals surface area contributed by atoms with Crippen molar-refractivity contribution in [2.24, 2.45) is 0 Å². The summed E-state index contributed by atoms with van der Waals surface area (Å²) in [5.74, 6) is -0.558. The molecule has 3 amide bonds. The Labute approximate surface area is 170 Å². The molecule has 3 rings (SSSR count). The molecule has 28 heavy (non-hydrogen) atoms. The molecule has 0 aromatic heterocycles. The van der Waals surface area contributed by atoms with Gasteiger partial charge in [0.1, 0.15) is 11.4 Å². The molecule has 1 saturated heterocycles. The molecule has 0 spiro atoms. The number of carbonyl (C=O) groups is 3. The highest BCUT2D eigenvalue weighted by Crippen LogP contribution is 2.23. The van der Waals surface area contributed by atoms with Gasteiger partial charge in [-0.1, -0.05) is 46.3 Å². The van der Waals surface area contributed by atoms with Gasteiger partial charge in [-0.25, -0.2) is 9.59 Å². The first-order valence-corrected chi connectivity index (χ1v) is 9.15. The summed E-state index contributed by atoms with van der Waals surface area (Å²) >= 11 is 3.35. The zero-order valence-electron chi connectivity index (χ0n) is 15.0. The maximum atomic E-state index is 12.7. The van der Waals surface area contributed by atoms with E-state index in [1.54, 1.807) is 24.3 Å². The molecule has 8 heteroatoms. The molecule has 0 aliphatic carbocycles. The molecule has 0 atom stereocenters. The predicted molar refractivity (Wildman–Crippen MR) is 105 cm³/mol. The molecule has 2 aromatic rings. The molecule has 0 saturated carbocycles. The summed E-state index contributed by atoms with van der Waals surface area (Å²) in [5.41, 5.74) is 1.52. The third-order valence-corrected chi connectivity index (χ3v) is 4.54. The van der Waals surface area contributed by atoms with Crippen molar-refractivity contribution in [2.75, 3.05) is 13.7 Å². The van der Waals surface area contributed by atoms with Gasteiger partial charge in [-0.3, -0.25) is 9.69 Å². The number of nitrogens with zero attached hydrogens (tertiary/aromatic N) is 1. The van der Waals surface area contributed by atoms with E-state index < -0.39 is 17.9 Å². The van der Waals surface area contributed by atoms with Crippen LogP contribution in [0.5, 0.6) is 5.75 Å². The van der Waals surface area contributed by atoms with Crippen LogP contribution in [0.1, 0.15) is 11.1 Å². The van der Waals surface area contributed by atoms with Gasteiger partial charge < -0.3 is 14.8 Å². The minimum Gasteiger partial charge on any atom is -0.481 e. The number of para-hydroxylation sites is 1. The lowest BCUT2D eigenvalue weighted by molar-refractivity contribution is -0.142. The Hall–Kier alpha value is -3.13. The van der Waals surface area contributed by atoms with E-state index in [-0.39, 0.29) is 18.8 Å². The van der Waals surface area contributed by atoms with E-state index in [1.165, 1.54) is 13.2 Å². The number of rotatable bonds is 6. The molecule has 0 unspecified atom stereocenters. The number of nitrogens with one attached hydrogen (secondary N) is 1. The molecule has 144 valence electrons. The molecule has 1 aliphatic rings. The summed E-state index contributed by atoms with van der Waals surface area (Å²) in [4.78, 5) is 37.3. The summed E-state index contributed by atoms with van der Waals surface area (Å²) in [5, 5.41) is 2.58. The first-order valence-electron chi connectivity index (χ1n) is 8.35. The Kier molecular flexibility index (Phi) is 6.10. The Morgan fingerprint density at radius 2 is 1.86 bits per heavy atom. The lowest BCUT2D eigenvalue weighted by atomic mass is 10.1. The summed E-state index contributed by atoms with van der Waals surface area (Å²) in [6.45, 7) is -0.0948. The van der Waals surface area contributed by atoms with Gasteiger partial charge in [0.05, 0.1) is 13.7 Å². The number of hydrogen-bond acceptors (Lipinski definition) is 5. The van der Waals surface area contributed by atoms with Crippen LogP contribution in [0.3, 0.4) is 0 Å². The van der Waals surface area contributed by atoms with Crippen molar-refractivity contribution in [2.45, 2.75) is 6.54 Å². The summed E-state index contributed by atoms with van der Waals surface area (Å²) in [6.07, 6.45) is 1.52. The fourth-order valence-corrected chi connectivity index (χ4v) is 2.83. The van der Waals surface area contributed by atoms with E-state index in [0.717, 1.165) is 14.9 Å². The number of imide groups is 1. The van der Waals surface area contributed by atoms with E-state index in [1.807, 2.05) is 24.3 Å². The quantitative estimate of drug-likeness (QED) is 0.420. The van der Waals surface area contributed by atoms with E-state index in [2.05, 4.69) is 26.0 Å². The molecule has 1 aliphatic heterocycles. The standard InChI is InChI=1S/C20H17BrN2O5/c1-27-18(24)12-28-17-5-3-2-4-14(17)10-16-19(25)23(20(26)22-16)11-13-6-8-15(21)9-7-13/h2-10H,11-12H2,1H3,(H,22,26)/b16-10+. The van der Waals surface area contributed by atoms with Crippen LogP contribution in [0.4, 0.5) is 4.79 Å². The van der Waals surface area contributed by atoms with E-state index >= 15 is 0 Å². The Morgan fingerprint density at radius 1 is 1.14 bits per heavy atom. The maximum Gasteiger partial charge on any atom is 0.343 e. The van der Waals surface area contributed by atoms with Crippen molar-refractivity contribution in [1.82, 2.24) is 10.2 Å². The number of urea groups is 1. The van der Waals surface area contributed by atoms with Gasteiger partial charge in [0.25, 0.3) is 5.91 Å². The Morgan fingerprint density at radius 3 is 2.57 bits per heavy atom. The zero-order valence-corrected chi connectivity index (χ0v) is 16.6. The zero-order chi connectivity index (χ0) is 20.1. The maximum absolute atomic E-state index is 12.7. The van der Waals surface area contributed by atoms with Gasteiger partial charge >= 0.3 is 12.0 Å². The SMILES string of the molecule is COC(=O)COc1ccccc1/C=C1/NC(=O)N(Cc2ccc(Br)cc2)C1=O. The van der Waals surface area contributed by atoms with Crippen LogP contribution in [0.15, 0.2) is 58.7 Å². The van der Waals surface area contributed by atoms with Crippen LogP contribution >= 0.6 is 15.9 Å². The largest absolute Gasteiger partial charge is 0.481 e. The van der Waals surface area contributed by atoms with E-state index in [4.69, 9.17) is 4.74 Å². The van der Waals surface area contributed by atoms with Gasteiger partial charge in [0.15, 0.2) is 6.61 Å². The molecular formula is C20H17BrN2O5. The second-order valence-electron chi connectivity index (χ2n) is 5.91. The molecule has 7 nitrogen and oxygen atoms in total. The summed E-state index contributed by atoms with van der Waals surface area (Å²) in [6, 6.07) is 13.8. The van der Waals surface area contributed by atoms with Crippen LogP contribution < -0.4 is 10.1 Å². The van der Waals surface area contributed by atoms with Gasteiger partial charge in [-0.15, -0.1) is 0 Å². The highest BCUT2D eigenvalue weighted by molar-refractivity contribution is 9.10. The van der Waals surface area contributed by atoms with Crippen molar-refractivity contribution in [3.8, 4) is 5.75 Å². The fraction of sp³-hybridized carbons (Fsp3) is 0.150. The lowest BCUT2D eigenvalue weighted by Gasteiger charge is -2.11. The van der Waals surface area contributed by atoms with Crippen LogP contribution in [0.25, 0.3) is 6.08 Å². The number of carbonyl (C=O) groups excluding carboxylic acids is 3. The Balaban J connectivity index is 1.78. The van der Waals surface area contributed by atoms with Crippen molar-refractivity contribution < 1.29 is 23.9 Å². The summed E-state index contributed by atoms with van der Waals surface area (Å²) < 4.78 is 10.9. The highest BCUT2D eigenvalue weighted by Gasteiger charge is 2.33. The predicted octanol–water partition coefficient (Wildman–Crippen LogP) is 3.09. The summed E-state index contributed by atoms with van der Waals surface area (Å²) in [7, 11) is 1.27. The van der Waals surface area contributed by atoms with Crippen LogP contribution in [-0.2, 0) is 20.9 Å². The van der Waals surface area contributed by atoms with Crippen LogP contribution in [-0.4, -0.2) is 36.5 Å². The number of ether oxygens (including phenoxy) is 2. The number of hydrogen-bond donors (Lipinski definition) is 1. The van der Waals surface area contributed by atoms with E-state index in [9.17, 15) is 14.4 Å². The average molecular weight is 445 g/mol. The lowest BCUT2D eigenvalue weighted by Crippen LogP contribution is -2.30. The average Bonchev–Trinajstić information content (AvgIpc) is 2.96. The van der Waals surface area contributed by atoms with Crippen molar-refractivity contribution >= 4 is 39.9 Å². The number of esters is 1. The molecule has 1 fully saturated rings. The third-order valence-electron chi connectivity index (χ3n) is 4.01. The van der Waals surface area contributed by atoms with Crippen LogP contribution in [0.2, 0.25) is 0 Å². The molecule has 1 heterocycles. The van der Waals surface area contributed by atoms with Crippen LogP contribution in [0, 0.1) is 0 Å². The smallest absolute Gasteiger partial charge is 0.343 e. The molecule has 1 N–H and O–H groups in total. The van der Waals surface area contributed by atoms with Gasteiger partial charge in [0.2, 0.25) is 0 Å². The fourth-order valence-electron chi connectivity index (χ4n) is 2.57. The molecule has 0 bridgehead atoms. The monoisotopic (exact) mass is 444 g/mol. The van der Waals surface area contributed by atoms with Crippen molar-refractivity contribution in [1.29, 1.82) is 0 Å². The molecule has 2 aromatic carbocycles. The molecule has 0 radical (unpaired) electrons. The van der Waals surface area contributed by atoms with Gasteiger partial charge in [0, 0.05) is 10.0 Å². The Bertz CT molecular complexity index is 940. The number of halogens is 1. The minimum atomic E-state index is -0.520. The third kappa shape index (κ3) is 4.58. The van der Waals surface area contributed by atoms with E-state index in [0.29, 0.717) is 11.3 Å². The number of amides is 3. The van der Waals surface area contributed by atoms with Gasteiger partial charge in [-0.2, -0.15) is 0 Å². The highest BCUT2D eigenvalue weighted by atomic mass is 79.9. The number of methoxy groups -OCH3 is 1. The second-order valence-corrected chi connectivity index (χ2v) is 6.82. The van der Waals surface area contributed by atoms with Gasteiger partial charge in [-0.05, 0) is 29.8 Å². The minimum absolute atomic E-state index is 0.135.